The van der Waals surface area contributed by atoms with Crippen LogP contribution in [0.2, 0.25) is 0 Å². The molecule has 1 N–H and O–H groups in total. The quantitative estimate of drug-likeness (QED) is 0.724. The number of ether oxygens (including phenoxy) is 2. The van der Waals surface area contributed by atoms with Crippen molar-refractivity contribution in [2.24, 2.45) is 4.99 Å². The number of aromatic amines is 1. The molecule has 0 atom stereocenters. The number of H-pyrrole nitrogens is 1. The van der Waals surface area contributed by atoms with Crippen LogP contribution in [-0.4, -0.2) is 23.0 Å². The predicted molar refractivity (Wildman–Crippen MR) is 75.9 cm³/mol. The van der Waals surface area contributed by atoms with Gasteiger partial charge in [0, 0.05) is 6.21 Å². The number of imidazole rings is 1. The molecule has 5 nitrogen and oxygen atoms in total. The van der Waals surface area contributed by atoms with Crippen molar-refractivity contribution in [2.75, 3.05) is 6.79 Å². The second-order valence-electron chi connectivity index (χ2n) is 4.45. The first-order chi connectivity index (χ1) is 9.88. The number of para-hydroxylation sites is 2. The van der Waals surface area contributed by atoms with E-state index >= 15 is 0 Å². The molecule has 5 heteroatoms. The number of rotatable bonds is 2. The highest BCUT2D eigenvalue weighted by Gasteiger charge is 2.12. The summed E-state index contributed by atoms with van der Waals surface area (Å²) in [6, 6.07) is 13.5. The lowest BCUT2D eigenvalue weighted by atomic mass is 10.2. The summed E-state index contributed by atoms with van der Waals surface area (Å²) in [4.78, 5) is 11.9. The highest BCUT2D eigenvalue weighted by Crippen LogP contribution is 2.32. The van der Waals surface area contributed by atoms with E-state index in [0.717, 1.165) is 28.1 Å². The third-order valence-corrected chi connectivity index (χ3v) is 3.11. The van der Waals surface area contributed by atoms with E-state index in [1.54, 1.807) is 6.21 Å². The maximum Gasteiger partial charge on any atom is 0.231 e. The molecule has 2 heterocycles. The first-order valence-electron chi connectivity index (χ1n) is 6.27. The molecular weight excluding hydrogens is 254 g/mol. The average molecular weight is 265 g/mol. The van der Waals surface area contributed by atoms with Gasteiger partial charge >= 0.3 is 0 Å². The Hall–Kier alpha value is -2.82. The van der Waals surface area contributed by atoms with E-state index in [-0.39, 0.29) is 6.79 Å². The number of aliphatic imine (C=N–C) groups is 1. The second kappa shape index (κ2) is 4.38. The summed E-state index contributed by atoms with van der Waals surface area (Å²) < 4.78 is 10.6. The number of benzene rings is 2. The van der Waals surface area contributed by atoms with Crippen molar-refractivity contribution in [3.05, 3.63) is 48.0 Å². The van der Waals surface area contributed by atoms with Gasteiger partial charge in [0.2, 0.25) is 12.7 Å². The van der Waals surface area contributed by atoms with Crippen LogP contribution in [0.15, 0.2) is 47.5 Å². The highest BCUT2D eigenvalue weighted by atomic mass is 16.7. The predicted octanol–water partition coefficient (Wildman–Crippen LogP) is 3.04. The van der Waals surface area contributed by atoms with Gasteiger partial charge in [0.15, 0.2) is 11.5 Å². The minimum absolute atomic E-state index is 0.277. The van der Waals surface area contributed by atoms with Gasteiger partial charge in [-0.2, -0.15) is 0 Å². The summed E-state index contributed by atoms with van der Waals surface area (Å²) >= 11 is 0. The lowest BCUT2D eigenvalue weighted by molar-refractivity contribution is 0.174. The molecule has 20 heavy (non-hydrogen) atoms. The lowest BCUT2D eigenvalue weighted by Crippen LogP contribution is -1.92. The molecule has 0 radical (unpaired) electrons. The largest absolute Gasteiger partial charge is 0.454 e. The minimum Gasteiger partial charge on any atom is -0.454 e. The Balaban J connectivity index is 1.64. The van der Waals surface area contributed by atoms with Crippen LogP contribution < -0.4 is 9.47 Å². The Kier molecular flexibility index (Phi) is 2.42. The lowest BCUT2D eigenvalue weighted by Gasteiger charge is -1.96. The van der Waals surface area contributed by atoms with E-state index in [9.17, 15) is 0 Å². The molecule has 0 amide bonds. The maximum absolute atomic E-state index is 5.33. The number of nitrogens with zero attached hydrogens (tertiary/aromatic N) is 2. The number of fused-ring (bicyclic) bond motifs is 2. The number of hydrogen-bond donors (Lipinski definition) is 1. The molecule has 0 unspecified atom stereocenters. The Morgan fingerprint density at radius 3 is 2.95 bits per heavy atom. The van der Waals surface area contributed by atoms with E-state index in [0.29, 0.717) is 5.95 Å². The van der Waals surface area contributed by atoms with E-state index in [1.807, 2.05) is 42.5 Å². The van der Waals surface area contributed by atoms with Gasteiger partial charge in [0.05, 0.1) is 11.0 Å². The molecule has 0 aliphatic carbocycles. The van der Waals surface area contributed by atoms with Crippen molar-refractivity contribution < 1.29 is 9.47 Å². The molecule has 3 aromatic rings. The first kappa shape index (κ1) is 11.0. The van der Waals surface area contributed by atoms with Crippen LogP contribution in [-0.2, 0) is 0 Å². The van der Waals surface area contributed by atoms with Crippen LogP contribution in [0.5, 0.6) is 11.5 Å². The summed E-state index contributed by atoms with van der Waals surface area (Å²) in [5.41, 5.74) is 2.82. The Bertz CT molecular complexity index is 775. The number of hydrogen-bond acceptors (Lipinski definition) is 4. The van der Waals surface area contributed by atoms with Crippen molar-refractivity contribution in [1.82, 2.24) is 9.97 Å². The van der Waals surface area contributed by atoms with Crippen LogP contribution in [0.3, 0.4) is 0 Å². The molecule has 1 aliphatic rings. The van der Waals surface area contributed by atoms with Crippen molar-refractivity contribution in [2.45, 2.75) is 0 Å². The molecule has 2 aromatic carbocycles. The van der Waals surface area contributed by atoms with Gasteiger partial charge in [-0.25, -0.2) is 9.98 Å². The standard InChI is InChI=1S/C15H11N3O2/c1-2-4-12-11(3-1)17-15(18-12)16-8-10-5-6-13-14(7-10)20-9-19-13/h1-8H,9H2,(H,17,18)/b16-8+. The molecule has 0 saturated carbocycles. The SMILES string of the molecule is C(=N\c1nc2ccccc2[nH]1)/c1ccc2c(c1)OCO2. The molecular formula is C15H11N3O2. The van der Waals surface area contributed by atoms with E-state index in [1.165, 1.54) is 0 Å². The van der Waals surface area contributed by atoms with Crippen LogP contribution in [0, 0.1) is 0 Å². The van der Waals surface area contributed by atoms with E-state index in [4.69, 9.17) is 9.47 Å². The minimum atomic E-state index is 0.277. The zero-order valence-corrected chi connectivity index (χ0v) is 10.5. The number of aromatic nitrogens is 2. The van der Waals surface area contributed by atoms with Crippen molar-refractivity contribution in [3.63, 3.8) is 0 Å². The summed E-state index contributed by atoms with van der Waals surface area (Å²) in [6.07, 6.45) is 1.75. The maximum atomic E-state index is 5.33. The monoisotopic (exact) mass is 265 g/mol. The normalized spacial score (nSPS) is 13.4. The molecule has 98 valence electrons. The molecule has 0 saturated heterocycles. The van der Waals surface area contributed by atoms with E-state index < -0.39 is 0 Å². The zero-order valence-electron chi connectivity index (χ0n) is 10.5. The van der Waals surface area contributed by atoms with Gasteiger partial charge in [-0.15, -0.1) is 0 Å². The zero-order chi connectivity index (χ0) is 13.4. The van der Waals surface area contributed by atoms with Gasteiger partial charge in [-0.3, -0.25) is 0 Å². The number of nitrogens with one attached hydrogen (secondary N) is 1. The summed E-state index contributed by atoms with van der Waals surface area (Å²) in [6.45, 7) is 0.277. The second-order valence-corrected chi connectivity index (χ2v) is 4.45. The van der Waals surface area contributed by atoms with Crippen molar-refractivity contribution >= 4 is 23.2 Å². The summed E-state index contributed by atoms with van der Waals surface area (Å²) in [7, 11) is 0. The molecule has 4 rings (SSSR count). The van der Waals surface area contributed by atoms with E-state index in [2.05, 4.69) is 15.0 Å². The molecule has 1 aliphatic heterocycles. The summed E-state index contributed by atoms with van der Waals surface area (Å²) in [5, 5.41) is 0. The van der Waals surface area contributed by atoms with Gasteiger partial charge in [0.25, 0.3) is 0 Å². The topological polar surface area (TPSA) is 59.5 Å². The third-order valence-electron chi connectivity index (χ3n) is 3.11. The van der Waals surface area contributed by atoms with Crippen LogP contribution in [0.25, 0.3) is 11.0 Å². The fourth-order valence-corrected chi connectivity index (χ4v) is 2.13. The van der Waals surface area contributed by atoms with Crippen LogP contribution >= 0.6 is 0 Å². The fourth-order valence-electron chi connectivity index (χ4n) is 2.13. The van der Waals surface area contributed by atoms with Crippen LogP contribution in [0.1, 0.15) is 5.56 Å². The van der Waals surface area contributed by atoms with Crippen molar-refractivity contribution in [1.29, 1.82) is 0 Å². The molecule has 0 bridgehead atoms. The molecule has 0 spiro atoms. The smallest absolute Gasteiger partial charge is 0.231 e. The molecule has 0 fully saturated rings. The van der Waals surface area contributed by atoms with Crippen LogP contribution in [0.4, 0.5) is 5.95 Å². The Morgan fingerprint density at radius 2 is 2.00 bits per heavy atom. The highest BCUT2D eigenvalue weighted by molar-refractivity contribution is 5.84. The van der Waals surface area contributed by atoms with Gasteiger partial charge in [-0.1, -0.05) is 12.1 Å². The third kappa shape index (κ3) is 1.89. The van der Waals surface area contributed by atoms with Gasteiger partial charge in [0.1, 0.15) is 0 Å². The Labute approximate surface area is 114 Å². The average Bonchev–Trinajstić information content (AvgIpc) is 3.10. The van der Waals surface area contributed by atoms with Gasteiger partial charge < -0.3 is 14.5 Å². The molecule has 1 aromatic heterocycles. The summed E-state index contributed by atoms with van der Waals surface area (Å²) in [5.74, 6) is 2.10. The first-order valence-corrected chi connectivity index (χ1v) is 6.27. The Morgan fingerprint density at radius 1 is 1.10 bits per heavy atom. The van der Waals surface area contributed by atoms with Gasteiger partial charge in [-0.05, 0) is 35.9 Å². The fraction of sp³-hybridized carbons (Fsp3) is 0.0667. The van der Waals surface area contributed by atoms with Crippen molar-refractivity contribution in [3.8, 4) is 11.5 Å².